The van der Waals surface area contributed by atoms with E-state index < -0.39 is 6.03 Å². The van der Waals surface area contributed by atoms with Crippen molar-refractivity contribution in [3.63, 3.8) is 0 Å². The number of rotatable bonds is 2. The highest BCUT2D eigenvalue weighted by Crippen LogP contribution is 2.15. The van der Waals surface area contributed by atoms with Gasteiger partial charge >= 0.3 is 6.03 Å². The summed E-state index contributed by atoms with van der Waals surface area (Å²) in [6.07, 6.45) is 0. The fourth-order valence-electron chi connectivity index (χ4n) is 0.640. The van der Waals surface area contributed by atoms with Crippen molar-refractivity contribution in [1.29, 1.82) is 0 Å². The molecule has 0 atom stereocenters. The van der Waals surface area contributed by atoms with E-state index in [-0.39, 0.29) is 0 Å². The van der Waals surface area contributed by atoms with Crippen LogP contribution in [-0.4, -0.2) is 6.03 Å². The van der Waals surface area contributed by atoms with Crippen LogP contribution < -0.4 is 16.1 Å². The maximum absolute atomic E-state index is 10.2. The lowest BCUT2D eigenvalue weighted by Crippen LogP contribution is -2.32. The Morgan fingerprint density at radius 1 is 1.58 bits per heavy atom. The Morgan fingerprint density at radius 3 is 2.92 bits per heavy atom. The van der Waals surface area contributed by atoms with Gasteiger partial charge in [-0.25, -0.2) is 4.79 Å². The molecule has 12 heavy (non-hydrogen) atoms. The molecule has 0 unspecified atom stereocenters. The van der Waals surface area contributed by atoms with Crippen LogP contribution in [0.2, 0.25) is 5.02 Å². The number of hydrogen-bond donors (Lipinski definition) is 2. The van der Waals surface area contributed by atoms with E-state index in [1.54, 1.807) is 24.3 Å². The molecule has 0 aliphatic heterocycles. The molecule has 1 aromatic rings. The van der Waals surface area contributed by atoms with Crippen LogP contribution in [0.4, 0.5) is 4.79 Å². The van der Waals surface area contributed by atoms with E-state index in [0.717, 1.165) is 0 Å². The van der Waals surface area contributed by atoms with Crippen molar-refractivity contribution >= 4 is 17.6 Å². The fraction of sp³-hybridized carbons (Fsp3) is 0. The van der Waals surface area contributed by atoms with Crippen molar-refractivity contribution in [1.82, 2.24) is 5.48 Å². The zero-order chi connectivity index (χ0) is 8.97. The number of primary amides is 1. The second-order valence-corrected chi connectivity index (χ2v) is 2.46. The summed E-state index contributed by atoms with van der Waals surface area (Å²) in [4.78, 5) is 14.9. The van der Waals surface area contributed by atoms with E-state index in [4.69, 9.17) is 22.2 Å². The third kappa shape index (κ3) is 2.67. The molecule has 5 heteroatoms. The molecule has 0 aromatic heterocycles. The number of urea groups is 1. The van der Waals surface area contributed by atoms with Crippen molar-refractivity contribution < 1.29 is 9.63 Å². The molecule has 0 heterocycles. The fourth-order valence-corrected chi connectivity index (χ4v) is 0.820. The molecule has 3 N–H and O–H groups in total. The molecule has 2 amide bonds. The first kappa shape index (κ1) is 8.67. The Morgan fingerprint density at radius 2 is 2.33 bits per heavy atom. The van der Waals surface area contributed by atoms with Crippen molar-refractivity contribution in [2.24, 2.45) is 5.73 Å². The molecule has 0 fully saturated rings. The third-order valence-electron chi connectivity index (χ3n) is 1.07. The van der Waals surface area contributed by atoms with Crippen LogP contribution in [0, 0.1) is 0 Å². The summed E-state index contributed by atoms with van der Waals surface area (Å²) in [7, 11) is 0. The number of hydrogen-bond acceptors (Lipinski definition) is 2. The first-order chi connectivity index (χ1) is 5.68. The summed E-state index contributed by atoms with van der Waals surface area (Å²) in [6, 6.07) is 5.83. The maximum atomic E-state index is 10.2. The van der Waals surface area contributed by atoms with E-state index in [9.17, 15) is 4.79 Å². The first-order valence-electron chi connectivity index (χ1n) is 3.16. The van der Waals surface area contributed by atoms with Crippen LogP contribution in [0.25, 0.3) is 0 Å². The van der Waals surface area contributed by atoms with Gasteiger partial charge in [-0.05, 0) is 12.1 Å². The topological polar surface area (TPSA) is 64.4 Å². The van der Waals surface area contributed by atoms with Gasteiger partial charge in [0.25, 0.3) is 0 Å². The van der Waals surface area contributed by atoms with E-state index in [0.29, 0.717) is 10.8 Å². The number of amides is 2. The van der Waals surface area contributed by atoms with Gasteiger partial charge in [0.15, 0.2) is 5.75 Å². The lowest BCUT2D eigenvalue weighted by Gasteiger charge is -2.03. The zero-order valence-electron chi connectivity index (χ0n) is 6.08. The minimum atomic E-state index is -0.755. The average molecular weight is 187 g/mol. The van der Waals surface area contributed by atoms with Crippen molar-refractivity contribution in [3.05, 3.63) is 29.3 Å². The van der Waals surface area contributed by atoms with E-state index >= 15 is 0 Å². The molecule has 1 rings (SSSR count). The highest BCUT2D eigenvalue weighted by atomic mass is 35.5. The Balaban J connectivity index is 2.57. The van der Waals surface area contributed by atoms with Crippen LogP contribution in [0.1, 0.15) is 0 Å². The third-order valence-corrected chi connectivity index (χ3v) is 1.30. The Kier molecular flexibility index (Phi) is 2.76. The number of carbonyl (C=O) groups is 1. The standard InChI is InChI=1S/C7H7ClN2O2/c8-5-2-1-3-6(4-5)12-10-7(9)11/h1-4H,(H3,9,10,11). The Labute approximate surface area is 74.2 Å². The predicted molar refractivity (Wildman–Crippen MR) is 44.8 cm³/mol. The van der Waals surface area contributed by atoms with Gasteiger partial charge in [0, 0.05) is 11.1 Å². The number of hydroxylamine groups is 1. The second-order valence-electron chi connectivity index (χ2n) is 2.03. The molecule has 0 radical (unpaired) electrons. The normalized spacial score (nSPS) is 9.08. The molecule has 0 aliphatic carbocycles. The summed E-state index contributed by atoms with van der Waals surface area (Å²) in [5.41, 5.74) is 6.74. The van der Waals surface area contributed by atoms with E-state index in [2.05, 4.69) is 0 Å². The summed E-state index contributed by atoms with van der Waals surface area (Å²) in [5, 5.41) is 0.527. The van der Waals surface area contributed by atoms with Crippen molar-refractivity contribution in [2.45, 2.75) is 0 Å². The lowest BCUT2D eigenvalue weighted by atomic mass is 10.3. The zero-order valence-corrected chi connectivity index (χ0v) is 6.84. The number of nitrogens with two attached hydrogens (primary N) is 1. The molecule has 0 saturated carbocycles. The highest BCUT2D eigenvalue weighted by molar-refractivity contribution is 6.30. The smallest absolute Gasteiger partial charge is 0.345 e. The molecule has 0 spiro atoms. The Bertz CT molecular complexity index is 290. The minimum absolute atomic E-state index is 0.432. The molecular weight excluding hydrogens is 180 g/mol. The van der Waals surface area contributed by atoms with Crippen LogP contribution in [0.3, 0.4) is 0 Å². The minimum Gasteiger partial charge on any atom is -0.378 e. The monoisotopic (exact) mass is 186 g/mol. The quantitative estimate of drug-likeness (QED) is 0.684. The van der Waals surface area contributed by atoms with Crippen molar-refractivity contribution in [3.8, 4) is 5.75 Å². The molecule has 0 saturated heterocycles. The van der Waals surface area contributed by atoms with Gasteiger partial charge in [-0.15, -0.1) is 0 Å². The Hall–Kier alpha value is -1.42. The molecule has 4 nitrogen and oxygen atoms in total. The van der Waals surface area contributed by atoms with Crippen LogP contribution in [-0.2, 0) is 0 Å². The SMILES string of the molecule is NC(=O)NOc1cccc(Cl)c1. The van der Waals surface area contributed by atoms with Gasteiger partial charge < -0.3 is 10.6 Å². The molecule has 0 bridgehead atoms. The summed E-state index contributed by atoms with van der Waals surface area (Å²) in [6.45, 7) is 0. The van der Waals surface area contributed by atoms with Crippen LogP contribution in [0.15, 0.2) is 24.3 Å². The van der Waals surface area contributed by atoms with Crippen molar-refractivity contribution in [2.75, 3.05) is 0 Å². The number of halogens is 1. The summed E-state index contributed by atoms with van der Waals surface area (Å²) in [5.74, 6) is 0.432. The van der Waals surface area contributed by atoms with Crippen LogP contribution >= 0.6 is 11.6 Å². The maximum Gasteiger partial charge on any atom is 0.345 e. The predicted octanol–water partition coefficient (Wildman–Crippen LogP) is 1.30. The number of carbonyl (C=O) groups excluding carboxylic acids is 1. The second kappa shape index (κ2) is 3.82. The van der Waals surface area contributed by atoms with Gasteiger partial charge in [0.2, 0.25) is 0 Å². The summed E-state index contributed by atoms with van der Waals surface area (Å²) < 4.78 is 0. The first-order valence-corrected chi connectivity index (χ1v) is 3.54. The average Bonchev–Trinajstić information content (AvgIpc) is 2.01. The molecule has 0 aliphatic rings. The number of nitrogens with one attached hydrogen (secondary N) is 1. The number of benzene rings is 1. The summed E-state index contributed by atoms with van der Waals surface area (Å²) >= 11 is 5.64. The van der Waals surface area contributed by atoms with E-state index in [1.165, 1.54) is 0 Å². The molecular formula is C7H7ClN2O2. The van der Waals surface area contributed by atoms with Crippen LogP contribution in [0.5, 0.6) is 5.75 Å². The van der Waals surface area contributed by atoms with E-state index in [1.807, 2.05) is 5.48 Å². The van der Waals surface area contributed by atoms with Gasteiger partial charge in [0.1, 0.15) is 0 Å². The van der Waals surface area contributed by atoms with Gasteiger partial charge in [-0.1, -0.05) is 17.7 Å². The van der Waals surface area contributed by atoms with Gasteiger partial charge in [-0.3, -0.25) is 0 Å². The highest BCUT2D eigenvalue weighted by Gasteiger charge is 1.95. The van der Waals surface area contributed by atoms with Gasteiger partial charge in [0.05, 0.1) is 0 Å². The lowest BCUT2D eigenvalue weighted by molar-refractivity contribution is 0.185. The molecule has 64 valence electrons. The largest absolute Gasteiger partial charge is 0.378 e. The molecule has 1 aromatic carbocycles. The van der Waals surface area contributed by atoms with Gasteiger partial charge in [-0.2, -0.15) is 5.48 Å².